The smallest absolute Gasteiger partial charge is 0.273 e. The van der Waals surface area contributed by atoms with Crippen LogP contribution in [0.4, 0.5) is 8.78 Å². The molecule has 12 nitrogen and oxygen atoms in total. The molecule has 0 aromatic carbocycles. The molecule has 4 aliphatic rings. The van der Waals surface area contributed by atoms with Crippen molar-refractivity contribution in [1.29, 1.82) is 0 Å². The van der Waals surface area contributed by atoms with Crippen LogP contribution in [-0.2, 0) is 19.2 Å². The molecule has 4 aliphatic heterocycles. The third kappa shape index (κ3) is 14.3. The maximum atomic E-state index is 12.9. The lowest BCUT2D eigenvalue weighted by Gasteiger charge is -2.27. The van der Waals surface area contributed by atoms with Crippen LogP contribution in [0.3, 0.4) is 0 Å². The number of hydrazone groups is 4. The first-order valence-electron chi connectivity index (χ1n) is 17.3. The van der Waals surface area contributed by atoms with Crippen molar-refractivity contribution in [2.45, 2.75) is 172 Å². The molecule has 4 heterocycles. The Balaban J connectivity index is 0.000000335. The van der Waals surface area contributed by atoms with Gasteiger partial charge in [-0.05, 0) is 88.0 Å². The predicted octanol–water partition coefficient (Wildman–Crippen LogP) is 7.24. The molecule has 0 aliphatic carbocycles. The van der Waals surface area contributed by atoms with E-state index in [2.05, 4.69) is 48.1 Å². The number of carbonyl (C=O) groups is 4. The fraction of sp³-hybridized carbons (Fsp3) is 0.778. The summed E-state index contributed by atoms with van der Waals surface area (Å²) in [5.41, 5.74) is 1.75. The highest BCUT2D eigenvalue weighted by Gasteiger charge is 2.41. The SMILES string of the molecule is CC(F)(F)C1=NN(C(C)(C)C)C(=O)C1.CC1=NN(C(C)(C)C)C(=O)C1.CC1=NN(CC(C)(C)C)C(=O)C1.CCCC1=NN(C(C)(C)C)C(=O)C1. The number of carbonyl (C=O) groups excluding carboxylic acids is 4. The van der Waals surface area contributed by atoms with E-state index in [-0.39, 0.29) is 52.3 Å². The molecule has 0 radical (unpaired) electrons. The molecule has 0 aromatic rings. The molecule has 284 valence electrons. The predicted molar refractivity (Wildman–Crippen MR) is 196 cm³/mol. The van der Waals surface area contributed by atoms with Gasteiger partial charge in [0.25, 0.3) is 5.92 Å². The van der Waals surface area contributed by atoms with Crippen molar-refractivity contribution >= 4 is 46.5 Å². The topological polar surface area (TPSA) is 131 Å². The van der Waals surface area contributed by atoms with Crippen LogP contribution in [0.15, 0.2) is 20.4 Å². The molecule has 0 spiro atoms. The molecule has 0 saturated heterocycles. The zero-order valence-corrected chi connectivity index (χ0v) is 33.4. The molecule has 0 N–H and O–H groups in total. The molecular weight excluding hydrogens is 646 g/mol. The molecule has 0 saturated carbocycles. The van der Waals surface area contributed by atoms with Gasteiger partial charge >= 0.3 is 0 Å². The largest absolute Gasteiger partial charge is 0.285 e. The molecule has 0 aromatic heterocycles. The summed E-state index contributed by atoms with van der Waals surface area (Å²) in [5.74, 6) is -3.00. The van der Waals surface area contributed by atoms with Gasteiger partial charge in [0.2, 0.25) is 23.6 Å². The number of rotatable bonds is 4. The number of halogens is 2. The summed E-state index contributed by atoms with van der Waals surface area (Å²) in [6.07, 6.45) is 3.22. The zero-order chi connectivity index (χ0) is 39.2. The van der Waals surface area contributed by atoms with Crippen LogP contribution in [0, 0.1) is 5.41 Å². The fourth-order valence-electron chi connectivity index (χ4n) is 4.89. The van der Waals surface area contributed by atoms with E-state index in [1.807, 2.05) is 55.4 Å². The van der Waals surface area contributed by atoms with Gasteiger partial charge in [-0.2, -0.15) is 20.4 Å². The van der Waals surface area contributed by atoms with Crippen LogP contribution in [0.1, 0.15) is 149 Å². The van der Waals surface area contributed by atoms with E-state index in [1.165, 1.54) is 0 Å². The first-order chi connectivity index (χ1) is 22.4. The number of amides is 4. The maximum Gasteiger partial charge on any atom is 0.285 e. The fourth-order valence-corrected chi connectivity index (χ4v) is 4.89. The molecule has 0 atom stereocenters. The van der Waals surface area contributed by atoms with Gasteiger partial charge in [-0.15, -0.1) is 0 Å². The van der Waals surface area contributed by atoms with Gasteiger partial charge in [0.05, 0.1) is 42.3 Å². The molecule has 0 unspecified atom stereocenters. The van der Waals surface area contributed by atoms with E-state index in [9.17, 15) is 28.0 Å². The first kappa shape index (κ1) is 44.4. The van der Waals surface area contributed by atoms with E-state index >= 15 is 0 Å². The molecule has 0 bridgehead atoms. The van der Waals surface area contributed by atoms with Crippen molar-refractivity contribution in [1.82, 2.24) is 20.0 Å². The highest BCUT2D eigenvalue weighted by molar-refractivity contribution is 6.08. The molecular formula is C36H62F2N8O4. The molecule has 4 amide bonds. The van der Waals surface area contributed by atoms with Crippen LogP contribution in [0.2, 0.25) is 0 Å². The Bertz CT molecular complexity index is 1380. The van der Waals surface area contributed by atoms with Crippen molar-refractivity contribution < 1.29 is 28.0 Å². The minimum Gasteiger partial charge on any atom is -0.273 e. The number of nitrogens with zero attached hydrogens (tertiary/aromatic N) is 8. The van der Waals surface area contributed by atoms with E-state index in [0.717, 1.165) is 41.9 Å². The Morgan fingerprint density at radius 1 is 0.560 bits per heavy atom. The number of hydrogen-bond acceptors (Lipinski definition) is 8. The summed E-state index contributed by atoms with van der Waals surface area (Å²) < 4.78 is 25.7. The second kappa shape index (κ2) is 16.6. The third-order valence-corrected chi connectivity index (χ3v) is 7.08. The highest BCUT2D eigenvalue weighted by atomic mass is 19.3. The monoisotopic (exact) mass is 708 g/mol. The van der Waals surface area contributed by atoms with Crippen molar-refractivity contribution in [2.75, 3.05) is 6.54 Å². The molecule has 0 fully saturated rings. The second-order valence-corrected chi connectivity index (χ2v) is 17.4. The number of alkyl halides is 2. The highest BCUT2D eigenvalue weighted by Crippen LogP contribution is 2.27. The summed E-state index contributed by atoms with van der Waals surface area (Å²) in [4.78, 5) is 45.4. The Morgan fingerprint density at radius 2 is 0.960 bits per heavy atom. The van der Waals surface area contributed by atoms with Gasteiger partial charge in [0.15, 0.2) is 0 Å². The first-order valence-corrected chi connectivity index (χ1v) is 17.3. The van der Waals surface area contributed by atoms with Gasteiger partial charge < -0.3 is 0 Å². The average molecular weight is 709 g/mol. The molecule has 4 rings (SSSR count). The summed E-state index contributed by atoms with van der Waals surface area (Å²) in [6.45, 7) is 30.9. The maximum absolute atomic E-state index is 12.9. The Hall–Kier alpha value is -3.58. The van der Waals surface area contributed by atoms with E-state index in [4.69, 9.17) is 0 Å². The lowest BCUT2D eigenvalue weighted by atomic mass is 9.97. The van der Waals surface area contributed by atoms with E-state index < -0.39 is 11.5 Å². The van der Waals surface area contributed by atoms with Crippen molar-refractivity contribution in [3.63, 3.8) is 0 Å². The van der Waals surface area contributed by atoms with Gasteiger partial charge in [-0.25, -0.2) is 28.8 Å². The minimum atomic E-state index is -3.00. The average Bonchev–Trinajstić information content (AvgIpc) is 3.64. The van der Waals surface area contributed by atoms with Crippen LogP contribution >= 0.6 is 0 Å². The van der Waals surface area contributed by atoms with Crippen molar-refractivity contribution in [2.24, 2.45) is 25.8 Å². The van der Waals surface area contributed by atoms with E-state index in [0.29, 0.717) is 25.8 Å². The summed E-state index contributed by atoms with van der Waals surface area (Å²) >= 11 is 0. The lowest BCUT2D eigenvalue weighted by Crippen LogP contribution is -2.38. The van der Waals surface area contributed by atoms with Gasteiger partial charge in [0, 0.05) is 30.6 Å². The Labute approximate surface area is 298 Å². The van der Waals surface area contributed by atoms with Crippen LogP contribution in [0.5, 0.6) is 0 Å². The van der Waals surface area contributed by atoms with Gasteiger partial charge in [-0.1, -0.05) is 34.1 Å². The Morgan fingerprint density at radius 3 is 1.24 bits per heavy atom. The minimum absolute atomic E-state index is 0.106. The second-order valence-electron chi connectivity index (χ2n) is 17.4. The summed E-state index contributed by atoms with van der Waals surface area (Å²) in [5, 5.41) is 22.2. The van der Waals surface area contributed by atoms with Crippen LogP contribution in [0.25, 0.3) is 0 Å². The third-order valence-electron chi connectivity index (χ3n) is 7.08. The van der Waals surface area contributed by atoms with Gasteiger partial charge in [-0.3, -0.25) is 19.2 Å². The quantitative estimate of drug-likeness (QED) is 0.305. The van der Waals surface area contributed by atoms with Crippen LogP contribution in [-0.4, -0.2) is 95.6 Å². The summed E-state index contributed by atoms with van der Waals surface area (Å²) in [6, 6.07) is 0. The van der Waals surface area contributed by atoms with Crippen LogP contribution < -0.4 is 0 Å². The molecule has 14 heteroatoms. The standard InChI is InChI=1S/C10H18N2O.C9H14F2N2O.C9H16N2O.C8H14N2O/c1-5-6-8-7-9(13)12(11-8)10(2,3)4;1-8(2,3)13-7(14)5-6(12-13)9(4,10)11;1-7-5-8(12)11(10-7)6-9(2,3)4;1-6-5-7(11)10(9-6)8(2,3)4/h5-7H2,1-4H3;5H2,1-4H3;5-6H2,1-4H3;5H2,1-4H3. The lowest BCUT2D eigenvalue weighted by molar-refractivity contribution is -0.133. The zero-order valence-electron chi connectivity index (χ0n) is 33.4. The summed E-state index contributed by atoms with van der Waals surface area (Å²) in [7, 11) is 0. The number of hydrogen-bond donors (Lipinski definition) is 0. The van der Waals surface area contributed by atoms with Gasteiger partial charge in [0.1, 0.15) is 5.71 Å². The van der Waals surface area contributed by atoms with Crippen molar-refractivity contribution in [3.05, 3.63) is 0 Å². The van der Waals surface area contributed by atoms with Crippen molar-refractivity contribution in [3.8, 4) is 0 Å². The Kier molecular flexibility index (Phi) is 14.8. The molecule has 50 heavy (non-hydrogen) atoms. The normalized spacial score (nSPS) is 18.6. The van der Waals surface area contributed by atoms with E-state index in [1.54, 1.807) is 35.8 Å².